The largest absolute Gasteiger partial charge is 0.364 e. The molecular weight excluding hydrogens is 490 g/mol. The summed E-state index contributed by atoms with van der Waals surface area (Å²) >= 11 is 0. The van der Waals surface area contributed by atoms with Gasteiger partial charge in [0.25, 0.3) is 5.91 Å². The monoisotopic (exact) mass is 521 g/mol. The molecule has 1 aliphatic heterocycles. The van der Waals surface area contributed by atoms with Crippen molar-refractivity contribution in [2.45, 2.75) is 43.5 Å². The summed E-state index contributed by atoms with van der Waals surface area (Å²) in [4.78, 5) is 15.9. The van der Waals surface area contributed by atoms with Crippen LogP contribution in [0.1, 0.15) is 47.1 Å². The molecular formula is C32H31N3O4. The maximum absolute atomic E-state index is 11.7. The molecule has 6 rings (SSSR count). The van der Waals surface area contributed by atoms with E-state index in [9.17, 15) is 4.79 Å². The Hall–Kier alpha value is -4.04. The lowest BCUT2D eigenvalue weighted by atomic mass is 9.80. The molecule has 0 radical (unpaired) electrons. The van der Waals surface area contributed by atoms with Gasteiger partial charge in [-0.1, -0.05) is 97.1 Å². The Labute approximate surface area is 227 Å². The smallest absolute Gasteiger partial charge is 0.268 e. The zero-order valence-electron chi connectivity index (χ0n) is 21.9. The number of fused-ring (bicyclic) bond motifs is 1. The summed E-state index contributed by atoms with van der Waals surface area (Å²) in [6.07, 6.45) is 4.75. The number of nitrogens with two attached hydrogens (primary N) is 1. The van der Waals surface area contributed by atoms with Crippen LogP contribution in [0.15, 0.2) is 115 Å². The quantitative estimate of drug-likeness (QED) is 0.261. The number of rotatable bonds is 8. The molecule has 4 aromatic rings. The van der Waals surface area contributed by atoms with Gasteiger partial charge in [-0.15, -0.1) is 0 Å². The average Bonchev–Trinajstić information content (AvgIpc) is 3.65. The Balaban J connectivity index is 1.42. The highest BCUT2D eigenvalue weighted by Gasteiger charge is 2.51. The third-order valence-corrected chi connectivity index (χ3v) is 7.41. The molecule has 1 saturated heterocycles. The van der Waals surface area contributed by atoms with Crippen LogP contribution in [-0.4, -0.2) is 40.1 Å². The molecule has 2 N–H and O–H groups in total. The number of nitrogens with zero attached hydrogens (tertiary/aromatic N) is 2. The van der Waals surface area contributed by atoms with Gasteiger partial charge in [0, 0.05) is 6.20 Å². The third-order valence-electron chi connectivity index (χ3n) is 7.41. The third kappa shape index (κ3) is 4.59. The molecule has 7 nitrogen and oxygen atoms in total. The van der Waals surface area contributed by atoms with Gasteiger partial charge in [-0.2, -0.15) is 0 Å². The van der Waals surface area contributed by atoms with E-state index in [4.69, 9.17) is 19.9 Å². The van der Waals surface area contributed by atoms with Crippen LogP contribution < -0.4 is 5.73 Å². The molecule has 3 atom stereocenters. The predicted octanol–water partition coefficient (Wildman–Crippen LogP) is 4.99. The molecule has 1 aromatic heterocycles. The van der Waals surface area contributed by atoms with E-state index < -0.39 is 17.3 Å². The summed E-state index contributed by atoms with van der Waals surface area (Å²) < 4.78 is 21.6. The lowest BCUT2D eigenvalue weighted by Gasteiger charge is -2.36. The molecule has 0 bridgehead atoms. The zero-order valence-corrected chi connectivity index (χ0v) is 21.9. The van der Waals surface area contributed by atoms with E-state index in [-0.39, 0.29) is 23.9 Å². The van der Waals surface area contributed by atoms with Crippen molar-refractivity contribution in [1.82, 2.24) is 9.55 Å². The molecule has 0 spiro atoms. The van der Waals surface area contributed by atoms with Gasteiger partial charge in [-0.3, -0.25) is 4.79 Å². The second-order valence-electron chi connectivity index (χ2n) is 10.4. The Morgan fingerprint density at radius 3 is 1.95 bits per heavy atom. The number of benzene rings is 3. The number of hydrogen-bond acceptors (Lipinski definition) is 5. The van der Waals surface area contributed by atoms with Crippen molar-refractivity contribution in [3.8, 4) is 0 Å². The maximum atomic E-state index is 11.7. The summed E-state index contributed by atoms with van der Waals surface area (Å²) in [7, 11) is 0. The number of primary amides is 1. The van der Waals surface area contributed by atoms with Crippen LogP contribution in [0.25, 0.3) is 0 Å². The highest BCUT2D eigenvalue weighted by molar-refractivity contribution is 5.90. The molecule has 2 aliphatic rings. The normalized spacial score (nSPS) is 21.9. The minimum absolute atomic E-state index is 0.207. The number of ether oxygens (including phenoxy) is 3. The number of aromatic nitrogens is 2. The van der Waals surface area contributed by atoms with Gasteiger partial charge < -0.3 is 24.5 Å². The second-order valence-corrected chi connectivity index (χ2v) is 10.4. The molecule has 3 aromatic carbocycles. The minimum atomic E-state index is -0.860. The van der Waals surface area contributed by atoms with Gasteiger partial charge >= 0.3 is 0 Å². The molecule has 2 heterocycles. The van der Waals surface area contributed by atoms with Crippen molar-refractivity contribution in [3.63, 3.8) is 0 Å². The van der Waals surface area contributed by atoms with E-state index in [2.05, 4.69) is 47.5 Å². The summed E-state index contributed by atoms with van der Waals surface area (Å²) in [5.74, 6) is -1.34. The Morgan fingerprint density at radius 2 is 1.46 bits per heavy atom. The maximum Gasteiger partial charge on any atom is 0.268 e. The van der Waals surface area contributed by atoms with Crippen LogP contribution in [0.4, 0.5) is 0 Å². The predicted molar refractivity (Wildman–Crippen MR) is 147 cm³/mol. The molecule has 198 valence electrons. The van der Waals surface area contributed by atoms with E-state index in [1.54, 1.807) is 12.5 Å². The first-order valence-electron chi connectivity index (χ1n) is 13.1. The second kappa shape index (κ2) is 9.93. The Bertz CT molecular complexity index is 1380. The van der Waals surface area contributed by atoms with Crippen LogP contribution in [0, 0.1) is 0 Å². The highest BCUT2D eigenvalue weighted by Crippen LogP contribution is 2.46. The van der Waals surface area contributed by atoms with Crippen molar-refractivity contribution >= 4 is 5.91 Å². The van der Waals surface area contributed by atoms with Gasteiger partial charge in [0.2, 0.25) is 0 Å². The van der Waals surface area contributed by atoms with Gasteiger partial charge in [0.05, 0.1) is 19.0 Å². The minimum Gasteiger partial charge on any atom is -0.364 e. The number of hydrogen-bond donors (Lipinski definition) is 1. The number of imidazole rings is 1. The first kappa shape index (κ1) is 25.2. The zero-order chi connectivity index (χ0) is 27.0. The lowest BCUT2D eigenvalue weighted by Crippen LogP contribution is -2.35. The fraction of sp³-hybridized carbons (Fsp3) is 0.250. The van der Waals surface area contributed by atoms with Crippen molar-refractivity contribution in [2.24, 2.45) is 5.73 Å². The van der Waals surface area contributed by atoms with Gasteiger partial charge in [-0.25, -0.2) is 4.98 Å². The molecule has 1 aliphatic carbocycles. The summed E-state index contributed by atoms with van der Waals surface area (Å²) in [5, 5.41) is 0. The molecule has 1 amide bonds. The van der Waals surface area contributed by atoms with Crippen LogP contribution >= 0.6 is 0 Å². The first-order chi connectivity index (χ1) is 18.9. The van der Waals surface area contributed by atoms with Crippen molar-refractivity contribution < 1.29 is 19.0 Å². The van der Waals surface area contributed by atoms with Crippen molar-refractivity contribution in [3.05, 3.63) is 138 Å². The molecule has 39 heavy (non-hydrogen) atoms. The standard InChI is InChI=1S/C32H31N3O4/c1-31(2)38-28-22(18-27(29(28)39-31)35-19-26(30(33)36)34-21-35)20-37-32(23-12-6-3-7-13-23,24-14-8-4-9-15-24)25-16-10-5-11-17-25/h3-19,21,27-29H,20H2,1-2H3,(H2,33,36)/t27-,28-,29+/m1/s1. The number of carbonyl (C=O) groups is 1. The number of amides is 1. The van der Waals surface area contributed by atoms with E-state index in [1.807, 2.05) is 73.0 Å². The van der Waals surface area contributed by atoms with E-state index in [0.29, 0.717) is 6.61 Å². The molecule has 0 saturated carbocycles. The van der Waals surface area contributed by atoms with E-state index in [1.165, 1.54) is 0 Å². The summed E-state index contributed by atoms with van der Waals surface area (Å²) in [6.45, 7) is 4.12. The van der Waals surface area contributed by atoms with Crippen LogP contribution in [0.5, 0.6) is 0 Å². The van der Waals surface area contributed by atoms with Crippen molar-refractivity contribution in [2.75, 3.05) is 6.61 Å². The van der Waals surface area contributed by atoms with E-state index in [0.717, 1.165) is 22.3 Å². The van der Waals surface area contributed by atoms with Crippen LogP contribution in [0.3, 0.4) is 0 Å². The fourth-order valence-corrected chi connectivity index (χ4v) is 5.71. The van der Waals surface area contributed by atoms with Crippen molar-refractivity contribution in [1.29, 1.82) is 0 Å². The fourth-order valence-electron chi connectivity index (χ4n) is 5.71. The van der Waals surface area contributed by atoms with Gasteiger partial charge in [0.15, 0.2) is 5.79 Å². The Kier molecular flexibility index (Phi) is 6.43. The molecule has 1 fully saturated rings. The van der Waals surface area contributed by atoms with Gasteiger partial charge in [0.1, 0.15) is 23.5 Å². The van der Waals surface area contributed by atoms with Crippen LogP contribution in [-0.2, 0) is 19.8 Å². The SMILES string of the molecule is CC1(C)O[C@@H]2[C@H](O1)C(COC(c1ccccc1)(c1ccccc1)c1ccccc1)=C[C@H]2n1cnc(C(N)=O)c1. The summed E-state index contributed by atoms with van der Waals surface area (Å²) in [6, 6.07) is 30.6. The lowest BCUT2D eigenvalue weighted by molar-refractivity contribution is -0.148. The average molecular weight is 522 g/mol. The summed E-state index contributed by atoms with van der Waals surface area (Å²) in [5.41, 5.74) is 8.86. The molecule has 7 heteroatoms. The highest BCUT2D eigenvalue weighted by atomic mass is 16.8. The number of carbonyl (C=O) groups excluding carboxylic acids is 1. The van der Waals surface area contributed by atoms with Crippen LogP contribution in [0.2, 0.25) is 0 Å². The van der Waals surface area contributed by atoms with Gasteiger partial charge in [-0.05, 0) is 36.1 Å². The molecule has 0 unspecified atom stereocenters. The van der Waals surface area contributed by atoms with E-state index >= 15 is 0 Å². The first-order valence-corrected chi connectivity index (χ1v) is 13.1. The Morgan fingerprint density at radius 1 is 0.923 bits per heavy atom. The topological polar surface area (TPSA) is 88.6 Å².